The molecule has 1 aliphatic rings. The molecule has 2 aromatic rings. The number of aryl methyl sites for hydroxylation is 2. The molecule has 3 rings (SSSR count). The van der Waals surface area contributed by atoms with Gasteiger partial charge >= 0.3 is 6.09 Å². The number of rotatable bonds is 7. The highest BCUT2D eigenvalue weighted by atomic mass is 16.5. The Kier molecular flexibility index (Phi) is 7.40. The maximum Gasteiger partial charge on any atom is 0.409 e. The van der Waals surface area contributed by atoms with Crippen LogP contribution in [0.3, 0.4) is 0 Å². The van der Waals surface area contributed by atoms with Crippen molar-refractivity contribution in [1.29, 1.82) is 0 Å². The smallest absolute Gasteiger partial charge is 0.409 e. The number of carbonyl (C=O) groups is 1. The average Bonchev–Trinajstić information content (AvgIpc) is 3.18. The Morgan fingerprint density at radius 1 is 1.22 bits per heavy atom. The SMILES string of the molecule is CCO[C@H]1CN(C(=O)OC)C[C@H]1Nc1c(C)nc(-c2ccc(OC)cc2C)n(CC)c1=O. The van der Waals surface area contributed by atoms with E-state index in [2.05, 4.69) is 5.32 Å². The van der Waals surface area contributed by atoms with Crippen LogP contribution in [0.15, 0.2) is 23.0 Å². The van der Waals surface area contributed by atoms with Crippen molar-refractivity contribution < 1.29 is 19.0 Å². The maximum atomic E-state index is 13.5. The summed E-state index contributed by atoms with van der Waals surface area (Å²) in [6.45, 7) is 9.35. The Balaban J connectivity index is 1.98. The number of benzene rings is 1. The van der Waals surface area contributed by atoms with E-state index in [0.29, 0.717) is 43.4 Å². The number of ether oxygens (including phenoxy) is 3. The van der Waals surface area contributed by atoms with Gasteiger partial charge in [-0.3, -0.25) is 9.36 Å². The van der Waals surface area contributed by atoms with Crippen LogP contribution in [-0.2, 0) is 16.0 Å². The number of hydrogen-bond acceptors (Lipinski definition) is 7. The summed E-state index contributed by atoms with van der Waals surface area (Å²) in [4.78, 5) is 31.8. The van der Waals surface area contributed by atoms with E-state index in [1.807, 2.05) is 45.9 Å². The number of methoxy groups -OCH3 is 2. The zero-order valence-electron chi connectivity index (χ0n) is 19.6. The summed E-state index contributed by atoms with van der Waals surface area (Å²) < 4.78 is 17.6. The summed E-state index contributed by atoms with van der Waals surface area (Å²) in [5.74, 6) is 1.37. The van der Waals surface area contributed by atoms with Crippen molar-refractivity contribution in [2.45, 2.75) is 46.4 Å². The third kappa shape index (κ3) is 4.57. The fraction of sp³-hybridized carbons (Fsp3) is 0.522. The third-order valence-electron chi connectivity index (χ3n) is 5.75. The van der Waals surface area contributed by atoms with Crippen molar-refractivity contribution in [3.8, 4) is 17.1 Å². The molecule has 1 aliphatic heterocycles. The van der Waals surface area contributed by atoms with Crippen LogP contribution in [-0.4, -0.2) is 66.6 Å². The van der Waals surface area contributed by atoms with Crippen LogP contribution in [0.25, 0.3) is 11.4 Å². The van der Waals surface area contributed by atoms with Crippen molar-refractivity contribution in [3.05, 3.63) is 39.8 Å². The van der Waals surface area contributed by atoms with Crippen molar-refractivity contribution in [2.75, 3.05) is 39.2 Å². The van der Waals surface area contributed by atoms with E-state index in [1.165, 1.54) is 7.11 Å². The number of amides is 1. The molecule has 2 atom stereocenters. The van der Waals surface area contributed by atoms with Gasteiger partial charge in [0.2, 0.25) is 0 Å². The zero-order valence-corrected chi connectivity index (χ0v) is 19.6. The molecule has 1 fully saturated rings. The number of aromatic nitrogens is 2. The topological polar surface area (TPSA) is 94.9 Å². The molecule has 0 radical (unpaired) electrons. The van der Waals surface area contributed by atoms with E-state index < -0.39 is 6.09 Å². The summed E-state index contributed by atoms with van der Waals surface area (Å²) in [7, 11) is 2.98. The maximum absolute atomic E-state index is 13.5. The predicted molar refractivity (Wildman–Crippen MR) is 122 cm³/mol. The van der Waals surface area contributed by atoms with E-state index in [9.17, 15) is 9.59 Å². The minimum atomic E-state index is -0.412. The van der Waals surface area contributed by atoms with E-state index in [1.54, 1.807) is 16.6 Å². The minimum Gasteiger partial charge on any atom is -0.497 e. The summed E-state index contributed by atoms with van der Waals surface area (Å²) in [6, 6.07) is 5.46. The number of anilines is 1. The highest BCUT2D eigenvalue weighted by Gasteiger charge is 2.37. The van der Waals surface area contributed by atoms with E-state index in [0.717, 1.165) is 16.9 Å². The predicted octanol–water partition coefficient (Wildman–Crippen LogP) is 2.82. The van der Waals surface area contributed by atoms with Gasteiger partial charge in [-0.15, -0.1) is 0 Å². The van der Waals surface area contributed by atoms with Crippen LogP contribution < -0.4 is 15.6 Å². The van der Waals surface area contributed by atoms with Gasteiger partial charge in [-0.05, 0) is 51.5 Å². The van der Waals surface area contributed by atoms with Crippen molar-refractivity contribution in [1.82, 2.24) is 14.5 Å². The van der Waals surface area contributed by atoms with Crippen LogP contribution in [0, 0.1) is 13.8 Å². The lowest BCUT2D eigenvalue weighted by atomic mass is 10.1. The molecule has 1 saturated heterocycles. The molecule has 0 spiro atoms. The number of likely N-dealkylation sites (tertiary alicyclic amines) is 1. The Hall–Kier alpha value is -3.07. The first-order valence-electron chi connectivity index (χ1n) is 10.8. The summed E-state index contributed by atoms with van der Waals surface area (Å²) in [5, 5.41) is 3.32. The van der Waals surface area contributed by atoms with Crippen LogP contribution in [0.2, 0.25) is 0 Å². The van der Waals surface area contributed by atoms with Crippen LogP contribution in [0.4, 0.5) is 10.5 Å². The number of nitrogens with zero attached hydrogens (tertiary/aromatic N) is 3. The molecule has 32 heavy (non-hydrogen) atoms. The molecular formula is C23H32N4O5. The molecule has 2 heterocycles. The van der Waals surface area contributed by atoms with Gasteiger partial charge in [0.15, 0.2) is 0 Å². The Morgan fingerprint density at radius 3 is 2.56 bits per heavy atom. The van der Waals surface area contributed by atoms with E-state index in [-0.39, 0.29) is 17.7 Å². The van der Waals surface area contributed by atoms with Crippen LogP contribution in [0.5, 0.6) is 5.75 Å². The number of nitrogens with one attached hydrogen (secondary N) is 1. The molecular weight excluding hydrogens is 412 g/mol. The minimum absolute atomic E-state index is 0.156. The normalized spacial score (nSPS) is 18.0. The molecule has 0 unspecified atom stereocenters. The molecule has 1 aromatic carbocycles. The zero-order chi connectivity index (χ0) is 23.4. The standard InChI is InChI=1S/C23H32N4O5/c1-7-27-21(17-10-9-16(30-5)11-14(17)3)24-15(4)20(22(27)28)25-18-12-26(23(29)31-6)13-19(18)32-8-2/h9-11,18-19,25H,7-8,12-13H2,1-6H3/t18-,19+/m1/s1. The van der Waals surface area contributed by atoms with Gasteiger partial charge < -0.3 is 24.4 Å². The Labute approximate surface area is 188 Å². The molecule has 0 aliphatic carbocycles. The second-order valence-corrected chi connectivity index (χ2v) is 7.75. The quantitative estimate of drug-likeness (QED) is 0.702. The first kappa shape index (κ1) is 23.6. The Bertz CT molecular complexity index is 1040. The first-order chi connectivity index (χ1) is 15.3. The van der Waals surface area contributed by atoms with Gasteiger partial charge in [-0.25, -0.2) is 9.78 Å². The molecule has 174 valence electrons. The van der Waals surface area contributed by atoms with Crippen molar-refractivity contribution in [3.63, 3.8) is 0 Å². The molecule has 1 N–H and O–H groups in total. The largest absolute Gasteiger partial charge is 0.497 e. The lowest BCUT2D eigenvalue weighted by Gasteiger charge is -2.22. The van der Waals surface area contributed by atoms with Crippen LogP contribution >= 0.6 is 0 Å². The van der Waals surface area contributed by atoms with Gasteiger partial charge in [0.1, 0.15) is 17.3 Å². The summed E-state index contributed by atoms with van der Waals surface area (Å²) in [5.41, 5.74) is 2.71. The highest BCUT2D eigenvalue weighted by molar-refractivity contribution is 5.68. The summed E-state index contributed by atoms with van der Waals surface area (Å²) >= 11 is 0. The van der Waals surface area contributed by atoms with Gasteiger partial charge in [-0.2, -0.15) is 0 Å². The molecule has 0 saturated carbocycles. The Morgan fingerprint density at radius 2 is 1.97 bits per heavy atom. The summed E-state index contributed by atoms with van der Waals surface area (Å²) in [6.07, 6.45) is -0.665. The second-order valence-electron chi connectivity index (χ2n) is 7.75. The molecule has 1 amide bonds. The fourth-order valence-corrected chi connectivity index (χ4v) is 4.10. The van der Waals surface area contributed by atoms with Gasteiger partial charge in [0, 0.05) is 25.3 Å². The highest BCUT2D eigenvalue weighted by Crippen LogP contribution is 2.27. The third-order valence-corrected chi connectivity index (χ3v) is 5.75. The van der Waals surface area contributed by atoms with E-state index >= 15 is 0 Å². The average molecular weight is 445 g/mol. The number of hydrogen-bond donors (Lipinski definition) is 1. The van der Waals surface area contributed by atoms with Crippen molar-refractivity contribution in [2.24, 2.45) is 0 Å². The molecule has 1 aromatic heterocycles. The van der Waals surface area contributed by atoms with Crippen LogP contribution in [0.1, 0.15) is 25.1 Å². The van der Waals surface area contributed by atoms with Gasteiger partial charge in [0.25, 0.3) is 5.56 Å². The van der Waals surface area contributed by atoms with Gasteiger partial charge in [-0.1, -0.05) is 0 Å². The molecule has 9 nitrogen and oxygen atoms in total. The first-order valence-corrected chi connectivity index (χ1v) is 10.8. The van der Waals surface area contributed by atoms with Gasteiger partial charge in [0.05, 0.1) is 38.6 Å². The molecule has 0 bridgehead atoms. The monoisotopic (exact) mass is 444 g/mol. The van der Waals surface area contributed by atoms with E-state index in [4.69, 9.17) is 19.2 Å². The lowest BCUT2D eigenvalue weighted by molar-refractivity contribution is 0.0614. The molecule has 9 heteroatoms. The lowest BCUT2D eigenvalue weighted by Crippen LogP contribution is -2.38. The number of carbonyl (C=O) groups excluding carboxylic acids is 1. The van der Waals surface area contributed by atoms with Crippen molar-refractivity contribution >= 4 is 11.8 Å². The fourth-order valence-electron chi connectivity index (χ4n) is 4.10. The second kappa shape index (κ2) is 10.0.